The minimum absolute atomic E-state index is 0.0394. The highest BCUT2D eigenvalue weighted by Gasteiger charge is 2.33. The third-order valence-corrected chi connectivity index (χ3v) is 9.20. The molecule has 4 atom stereocenters. The summed E-state index contributed by atoms with van der Waals surface area (Å²) in [6, 6.07) is 8.66. The number of likely N-dealkylation sites (tertiary alicyclic amines) is 2. The second-order valence-corrected chi connectivity index (χ2v) is 11.6. The van der Waals surface area contributed by atoms with Crippen LogP contribution in [-0.2, 0) is 0 Å². The molecule has 2 saturated carbocycles. The Morgan fingerprint density at radius 2 is 1.00 bits per heavy atom. The Morgan fingerprint density at radius 1 is 0.583 bits per heavy atom. The van der Waals surface area contributed by atoms with Gasteiger partial charge in [0.05, 0.1) is 0 Å². The molecule has 36 heavy (non-hydrogen) atoms. The second-order valence-electron chi connectivity index (χ2n) is 11.6. The quantitative estimate of drug-likeness (QED) is 0.600. The normalized spacial score (nSPS) is 30.4. The smallest absolute Gasteiger partial charge is 0.251 e. The molecule has 4 fully saturated rings. The van der Waals surface area contributed by atoms with E-state index in [0.717, 1.165) is 39.0 Å². The van der Waals surface area contributed by atoms with E-state index in [1.54, 1.807) is 6.07 Å². The maximum absolute atomic E-state index is 13.3. The SMILES string of the molecule is O=C(N[C@@H]1CCCC[C@H]1N1CCCCC1)c1cccc(C(=O)N[C@@H]2CCCC[C@H]2N2CCCCC2)c1. The molecule has 2 aliphatic carbocycles. The van der Waals surface area contributed by atoms with E-state index >= 15 is 0 Å². The Kier molecular flexibility index (Phi) is 8.97. The largest absolute Gasteiger partial charge is 0.348 e. The molecule has 0 bridgehead atoms. The van der Waals surface area contributed by atoms with Crippen LogP contribution in [0.15, 0.2) is 24.3 Å². The molecule has 6 nitrogen and oxygen atoms in total. The predicted octanol–water partition coefficient (Wildman–Crippen LogP) is 4.74. The summed E-state index contributed by atoms with van der Waals surface area (Å²) in [6.07, 6.45) is 17.0. The van der Waals surface area contributed by atoms with Crippen molar-refractivity contribution in [3.63, 3.8) is 0 Å². The van der Waals surface area contributed by atoms with Gasteiger partial charge in [-0.05, 0) is 95.7 Å². The van der Waals surface area contributed by atoms with Gasteiger partial charge in [0.25, 0.3) is 11.8 Å². The maximum Gasteiger partial charge on any atom is 0.251 e. The molecule has 5 rings (SSSR count). The van der Waals surface area contributed by atoms with Crippen molar-refractivity contribution in [3.05, 3.63) is 35.4 Å². The number of amides is 2. The lowest BCUT2D eigenvalue weighted by atomic mass is 9.87. The highest BCUT2D eigenvalue weighted by molar-refractivity contribution is 5.99. The molecule has 2 N–H and O–H groups in total. The zero-order chi connectivity index (χ0) is 24.7. The van der Waals surface area contributed by atoms with Crippen LogP contribution < -0.4 is 10.6 Å². The Bertz CT molecular complexity index is 810. The number of piperidine rings is 2. The van der Waals surface area contributed by atoms with E-state index in [-0.39, 0.29) is 23.9 Å². The van der Waals surface area contributed by atoms with Crippen molar-refractivity contribution in [1.29, 1.82) is 0 Å². The van der Waals surface area contributed by atoms with Gasteiger partial charge in [-0.15, -0.1) is 0 Å². The molecule has 198 valence electrons. The Morgan fingerprint density at radius 3 is 1.44 bits per heavy atom. The molecule has 0 spiro atoms. The van der Waals surface area contributed by atoms with E-state index in [2.05, 4.69) is 20.4 Å². The van der Waals surface area contributed by atoms with Gasteiger partial charge in [0.1, 0.15) is 0 Å². The summed E-state index contributed by atoms with van der Waals surface area (Å²) in [7, 11) is 0. The molecule has 2 saturated heterocycles. The predicted molar refractivity (Wildman–Crippen MR) is 144 cm³/mol. The molecule has 0 radical (unpaired) electrons. The van der Waals surface area contributed by atoms with Gasteiger partial charge in [0.15, 0.2) is 0 Å². The molecule has 0 unspecified atom stereocenters. The van der Waals surface area contributed by atoms with Crippen molar-refractivity contribution < 1.29 is 9.59 Å². The molecule has 2 aliphatic heterocycles. The first-order valence-electron chi connectivity index (χ1n) is 14.9. The van der Waals surface area contributed by atoms with Crippen LogP contribution in [0.3, 0.4) is 0 Å². The van der Waals surface area contributed by atoms with Crippen LogP contribution in [0.4, 0.5) is 0 Å². The van der Waals surface area contributed by atoms with Crippen molar-refractivity contribution in [2.75, 3.05) is 26.2 Å². The number of carbonyl (C=O) groups excluding carboxylic acids is 2. The highest BCUT2D eigenvalue weighted by Crippen LogP contribution is 2.28. The third kappa shape index (κ3) is 6.31. The zero-order valence-electron chi connectivity index (χ0n) is 22.1. The van der Waals surface area contributed by atoms with Crippen LogP contribution in [-0.4, -0.2) is 72.0 Å². The first-order valence-corrected chi connectivity index (χ1v) is 14.9. The maximum atomic E-state index is 13.3. The van der Waals surface area contributed by atoms with Gasteiger partial charge in [0, 0.05) is 35.3 Å². The van der Waals surface area contributed by atoms with Crippen LogP contribution in [0.1, 0.15) is 111 Å². The fourth-order valence-electron chi connectivity index (χ4n) is 7.24. The van der Waals surface area contributed by atoms with Crippen molar-refractivity contribution in [2.24, 2.45) is 0 Å². The number of nitrogens with zero attached hydrogens (tertiary/aromatic N) is 2. The summed E-state index contributed by atoms with van der Waals surface area (Å²) in [5.41, 5.74) is 1.20. The first-order chi connectivity index (χ1) is 17.7. The average molecular weight is 495 g/mol. The Labute approximate surface area is 217 Å². The minimum atomic E-state index is -0.0394. The number of nitrogens with one attached hydrogen (secondary N) is 2. The number of benzene rings is 1. The van der Waals surface area contributed by atoms with Gasteiger partial charge in [-0.25, -0.2) is 0 Å². The number of rotatable bonds is 6. The molecule has 6 heteroatoms. The second kappa shape index (κ2) is 12.6. The monoisotopic (exact) mass is 494 g/mol. The van der Waals surface area contributed by atoms with E-state index < -0.39 is 0 Å². The van der Waals surface area contributed by atoms with E-state index in [4.69, 9.17) is 0 Å². The summed E-state index contributed by atoms with van der Waals surface area (Å²) in [4.78, 5) is 31.8. The lowest BCUT2D eigenvalue weighted by molar-refractivity contribution is 0.0781. The molecular formula is C30H46N4O2. The van der Waals surface area contributed by atoms with Gasteiger partial charge in [-0.3, -0.25) is 19.4 Å². The van der Waals surface area contributed by atoms with E-state index in [9.17, 15) is 9.59 Å². The van der Waals surface area contributed by atoms with Crippen LogP contribution in [0, 0.1) is 0 Å². The van der Waals surface area contributed by atoms with E-state index in [0.29, 0.717) is 23.2 Å². The van der Waals surface area contributed by atoms with Gasteiger partial charge in [-0.2, -0.15) is 0 Å². The topological polar surface area (TPSA) is 64.7 Å². The number of carbonyl (C=O) groups is 2. The molecule has 2 heterocycles. The molecule has 1 aromatic rings. The molecule has 4 aliphatic rings. The van der Waals surface area contributed by atoms with Gasteiger partial charge in [0.2, 0.25) is 0 Å². The summed E-state index contributed by atoms with van der Waals surface area (Å²) in [6.45, 7) is 4.64. The standard InChI is InChI=1S/C30H46N4O2/c35-29(31-25-14-3-5-16-27(25)33-18-7-1-8-19-33)23-12-11-13-24(22-23)30(36)32-26-15-4-6-17-28(26)34-20-9-2-10-21-34/h11-13,22,25-28H,1-10,14-21H2,(H,31,35)(H,32,36)/t25-,26-,27-,28-/m1/s1. The fraction of sp³-hybridized carbons (Fsp3) is 0.733. The van der Waals surface area contributed by atoms with Crippen LogP contribution in [0.2, 0.25) is 0 Å². The fourth-order valence-corrected chi connectivity index (χ4v) is 7.24. The third-order valence-electron chi connectivity index (χ3n) is 9.20. The van der Waals surface area contributed by atoms with Crippen LogP contribution in [0.25, 0.3) is 0 Å². The van der Waals surface area contributed by atoms with Crippen molar-refractivity contribution in [3.8, 4) is 0 Å². The van der Waals surface area contributed by atoms with Gasteiger partial charge >= 0.3 is 0 Å². The zero-order valence-corrected chi connectivity index (χ0v) is 22.1. The van der Waals surface area contributed by atoms with Crippen molar-refractivity contribution in [2.45, 2.75) is 114 Å². The van der Waals surface area contributed by atoms with Gasteiger partial charge in [-0.1, -0.05) is 44.6 Å². The molecule has 2 amide bonds. The lowest BCUT2D eigenvalue weighted by Gasteiger charge is -2.42. The lowest BCUT2D eigenvalue weighted by Crippen LogP contribution is -2.54. The van der Waals surface area contributed by atoms with Crippen LogP contribution >= 0.6 is 0 Å². The average Bonchev–Trinajstić information content (AvgIpc) is 2.94. The van der Waals surface area contributed by atoms with Gasteiger partial charge < -0.3 is 10.6 Å². The summed E-state index contributed by atoms with van der Waals surface area (Å²) in [5.74, 6) is -0.0789. The molecule has 0 aromatic heterocycles. The summed E-state index contributed by atoms with van der Waals surface area (Å²) in [5, 5.41) is 6.72. The van der Waals surface area contributed by atoms with Crippen molar-refractivity contribution in [1.82, 2.24) is 20.4 Å². The summed E-state index contributed by atoms with van der Waals surface area (Å²) >= 11 is 0. The number of hydrogen-bond donors (Lipinski definition) is 2. The molecular weight excluding hydrogens is 448 g/mol. The van der Waals surface area contributed by atoms with Crippen LogP contribution in [0.5, 0.6) is 0 Å². The first kappa shape index (κ1) is 25.7. The molecule has 1 aromatic carbocycles. The van der Waals surface area contributed by atoms with Crippen molar-refractivity contribution >= 4 is 11.8 Å². The summed E-state index contributed by atoms with van der Waals surface area (Å²) < 4.78 is 0. The minimum Gasteiger partial charge on any atom is -0.348 e. The highest BCUT2D eigenvalue weighted by atomic mass is 16.2. The van der Waals surface area contributed by atoms with E-state index in [1.807, 2.05) is 18.2 Å². The Balaban J connectivity index is 1.22. The number of hydrogen-bond acceptors (Lipinski definition) is 4. The van der Waals surface area contributed by atoms with E-state index in [1.165, 1.54) is 77.0 Å². The Hall–Kier alpha value is -1.92.